The summed E-state index contributed by atoms with van der Waals surface area (Å²) in [6, 6.07) is 0. The minimum atomic E-state index is -2.37. The Morgan fingerprint density at radius 3 is 0.286 bits per heavy atom. The van der Waals surface area contributed by atoms with Gasteiger partial charge in [-0.15, -0.1) is 0 Å². The zero-order valence-corrected chi connectivity index (χ0v) is 86.1. The standard InChI is InChI=1S/6C12H27O2PS2.Mo.OS/c6*1-3-5-7-9-11-13-15(16,17)14-12-10-8-6-4-2;;1-2/h6*3-12H2,1-2H3,(H,16,17);;/q;;;;;;+6;/p-6. The van der Waals surface area contributed by atoms with Crippen molar-refractivity contribution in [2.75, 3.05) is 79.3 Å². The average Bonchev–Trinajstić information content (AvgIpc) is 1.22. The van der Waals surface area contributed by atoms with E-state index in [9.17, 15) is 0 Å². The molecule has 0 radical (unpaired) electrons. The summed E-state index contributed by atoms with van der Waals surface area (Å²) in [6.45, 7) is 34.3. The monoisotopic (exact) mass is 1930 g/mol. The molecule has 0 bridgehead atoms. The van der Waals surface area contributed by atoms with E-state index in [2.05, 4.69) is 95.6 Å². The van der Waals surface area contributed by atoms with Crippen molar-refractivity contribution in [3.63, 3.8) is 0 Å². The molecule has 0 aliphatic heterocycles. The Labute approximate surface area is 733 Å². The third-order valence-corrected chi connectivity index (χ3v) is 28.5. The molecule has 0 rings (SSSR count). The Balaban J connectivity index is -0.000000178. The van der Waals surface area contributed by atoms with Crippen molar-refractivity contribution in [2.24, 2.45) is 0 Å². The Kier molecular flexibility index (Phi) is 122. The number of unbranched alkanes of at least 4 members (excludes halogenated alkanes) is 36. The molecule has 0 spiro atoms. The van der Waals surface area contributed by atoms with Gasteiger partial charge in [0, 0.05) is 0 Å². The van der Waals surface area contributed by atoms with E-state index in [0.29, 0.717) is 79.3 Å². The van der Waals surface area contributed by atoms with Crippen LogP contribution < -0.4 is 0 Å². The van der Waals surface area contributed by atoms with Gasteiger partial charge in [0.05, 0.1) is 113 Å². The van der Waals surface area contributed by atoms with Gasteiger partial charge in [-0.05, 0) is 77.0 Å². The van der Waals surface area contributed by atoms with E-state index in [0.717, 1.165) is 77.0 Å². The fourth-order valence-electron chi connectivity index (χ4n) is 8.69. The topological polar surface area (TPSA) is 128 Å². The molecule has 0 aliphatic rings. The van der Waals surface area contributed by atoms with Crippen molar-refractivity contribution in [3.05, 3.63) is 0 Å². The van der Waals surface area contributed by atoms with Crippen LogP contribution in [0, 0.1) is 0 Å². The molecule has 0 unspecified atom stereocenters. The van der Waals surface area contributed by atoms with Gasteiger partial charge < -0.3 is 128 Å². The largest absolute Gasteiger partial charge is 6.00 e. The summed E-state index contributed by atoms with van der Waals surface area (Å²) in [6.07, 6.45) is 56.6. The van der Waals surface area contributed by atoms with E-state index in [1.165, 1.54) is 231 Å². The molecular weight excluding hydrogens is 1770 g/mol. The van der Waals surface area contributed by atoms with Crippen LogP contribution in [-0.4, -0.2) is 83.5 Å². The fourth-order valence-corrected chi connectivity index (χ4v) is 18.7. The number of rotatable bonds is 72. The summed E-state index contributed by atoms with van der Waals surface area (Å²) in [5.74, 6) is 0. The van der Waals surface area contributed by atoms with Crippen molar-refractivity contribution in [1.82, 2.24) is 0 Å². The van der Waals surface area contributed by atoms with Crippen LogP contribution in [0.4, 0.5) is 0 Å². The van der Waals surface area contributed by atoms with Crippen molar-refractivity contribution in [1.29, 1.82) is 0 Å². The Morgan fingerprint density at radius 2 is 0.229 bits per heavy atom. The summed E-state index contributed by atoms with van der Waals surface area (Å²) >= 11 is 65.0. The van der Waals surface area contributed by atoms with Crippen LogP contribution in [0.1, 0.15) is 391 Å². The van der Waals surface area contributed by atoms with Gasteiger partial charge in [-0.1, -0.05) is 385 Å². The molecule has 0 saturated carbocycles. The molecule has 0 fully saturated rings. The second-order valence-electron chi connectivity index (χ2n) is 25.4. The van der Waals surface area contributed by atoms with Crippen molar-refractivity contribution in [2.45, 2.75) is 391 Å². The van der Waals surface area contributed by atoms with Crippen molar-refractivity contribution < 1.29 is 79.6 Å². The molecule has 636 valence electrons. The van der Waals surface area contributed by atoms with Gasteiger partial charge in [0.15, 0.2) is 12.5 Å². The van der Waals surface area contributed by atoms with Crippen LogP contribution in [0.3, 0.4) is 0 Å². The minimum Gasteiger partial charge on any atom is -0.691 e. The summed E-state index contributed by atoms with van der Waals surface area (Å²) in [4.78, 5) is 0. The average molecular weight is 1930 g/mol. The van der Waals surface area contributed by atoms with Crippen LogP contribution >= 0.6 is 34.2 Å². The summed E-state index contributed by atoms with van der Waals surface area (Å²) in [5, 5.41) is 0. The van der Waals surface area contributed by atoms with Crippen molar-refractivity contribution in [3.8, 4) is 0 Å². The van der Waals surface area contributed by atoms with Crippen LogP contribution in [-0.2, 0) is 232 Å². The summed E-state index contributed by atoms with van der Waals surface area (Å²) in [5.41, 5.74) is -14.2. The SMILES string of the molecule is CCCCCCOP(=S)([S-])OCCCCCC.CCCCCCOP(=S)([S-])OCCCCCC.CCCCCCOP(=S)([S-])OCCCCCC.CCCCCCOP(=S)([S-])OCCCCCC.CCCCCCOP(=S)([S-])OCCCCCC.CCCCCCOP(=S)([S-])OCCCCCC.O=S.[Mo+6]. The molecule has 0 aromatic heterocycles. The maximum Gasteiger partial charge on any atom is 6.00 e. The Morgan fingerprint density at radius 1 is 0.162 bits per heavy atom. The molecule has 0 aromatic rings. The maximum atomic E-state index is 7.83. The predicted molar refractivity (Wildman–Crippen MR) is 499 cm³/mol. The second kappa shape index (κ2) is 101. The third-order valence-electron chi connectivity index (χ3n) is 15.0. The summed E-state index contributed by atoms with van der Waals surface area (Å²) < 4.78 is 73.8. The molecule has 0 aromatic carbocycles. The van der Waals surface area contributed by atoms with E-state index >= 15 is 0 Å². The first-order chi connectivity index (χ1) is 49.7. The molecule has 13 nitrogen and oxygen atoms in total. The molecule has 0 amide bonds. The molecular formula is C72H156MoO13P6S13. The van der Waals surface area contributed by atoms with Gasteiger partial charge in [0.2, 0.25) is 0 Å². The molecule has 0 saturated heterocycles. The van der Waals surface area contributed by atoms with Crippen LogP contribution in [0.25, 0.3) is 0 Å². The van der Waals surface area contributed by atoms with Crippen LogP contribution in [0.15, 0.2) is 0 Å². The van der Waals surface area contributed by atoms with E-state index in [-0.39, 0.29) is 21.1 Å². The zero-order chi connectivity index (χ0) is 79.9. The van der Waals surface area contributed by atoms with Crippen LogP contribution in [0.5, 0.6) is 0 Å². The quantitative estimate of drug-likeness (QED) is 0.0248. The van der Waals surface area contributed by atoms with Gasteiger partial charge in [-0.2, -0.15) is 4.21 Å². The second-order valence-corrected chi connectivity index (χ2v) is 55.3. The fraction of sp³-hybridized carbons (Fsp3) is 1.00. The predicted octanol–water partition coefficient (Wildman–Crippen LogP) is 29.4. The summed E-state index contributed by atoms with van der Waals surface area (Å²) in [7, 11) is 0. The maximum absolute atomic E-state index is 7.83. The van der Waals surface area contributed by atoms with E-state index in [4.69, 9.17) is 203 Å². The minimum absolute atomic E-state index is 0. The van der Waals surface area contributed by atoms with Gasteiger partial charge in [0.25, 0.3) is 0 Å². The molecule has 0 atom stereocenters. The zero-order valence-electron chi connectivity index (χ0n) is 68.1. The van der Waals surface area contributed by atoms with Gasteiger partial charge in [-0.25, -0.2) is 0 Å². The van der Waals surface area contributed by atoms with Gasteiger partial charge in [-0.3, -0.25) is 0 Å². The number of hydrogen-bond acceptors (Lipinski definition) is 26. The van der Waals surface area contributed by atoms with Crippen molar-refractivity contribution >= 4 is 191 Å². The molecule has 0 aliphatic carbocycles. The molecule has 105 heavy (non-hydrogen) atoms. The number of hydrogen-bond donors (Lipinski definition) is 0. The van der Waals surface area contributed by atoms with E-state index in [1.54, 1.807) is 0 Å². The smallest absolute Gasteiger partial charge is 0.691 e. The van der Waals surface area contributed by atoms with E-state index < -0.39 is 34.2 Å². The van der Waals surface area contributed by atoms with E-state index in [1.807, 2.05) is 0 Å². The Hall–Kier alpha value is 6.23. The molecule has 0 heterocycles. The van der Waals surface area contributed by atoms with Gasteiger partial charge in [0.1, 0.15) is 0 Å². The molecule has 0 N–H and O–H groups in total. The first-order valence-electron chi connectivity index (χ1n) is 40.5. The first-order valence-corrected chi connectivity index (χ1v) is 62.7. The normalized spacial score (nSPS) is 11.6. The Bertz CT molecular complexity index is 1540. The van der Waals surface area contributed by atoms with Gasteiger partial charge >= 0.3 is 21.1 Å². The van der Waals surface area contributed by atoms with Crippen LogP contribution in [0.2, 0.25) is 0 Å². The first kappa shape index (κ1) is 127. The molecule has 33 heteroatoms. The third kappa shape index (κ3) is 124.